The lowest BCUT2D eigenvalue weighted by molar-refractivity contribution is 0.433. The van der Waals surface area contributed by atoms with Gasteiger partial charge in [0.15, 0.2) is 4.67 Å². The highest BCUT2D eigenvalue weighted by Crippen LogP contribution is 2.25. The molecule has 78 valence electrons. The van der Waals surface area contributed by atoms with Gasteiger partial charge in [0.05, 0.1) is 0 Å². The average Bonchev–Trinajstić information content (AvgIpc) is 2.48. The summed E-state index contributed by atoms with van der Waals surface area (Å²) in [4.78, 5) is 0. The van der Waals surface area contributed by atoms with Crippen LogP contribution in [0.2, 0.25) is 0 Å². The Balaban J connectivity index is 2.63. The quantitative estimate of drug-likeness (QED) is 0.749. The molecular formula is C12H17BrO. The zero-order valence-corrected chi connectivity index (χ0v) is 10.6. The first-order valence-corrected chi connectivity index (χ1v) is 5.77. The summed E-state index contributed by atoms with van der Waals surface area (Å²) in [6.45, 7) is 6.69. The van der Waals surface area contributed by atoms with Crippen molar-refractivity contribution in [1.82, 2.24) is 0 Å². The van der Waals surface area contributed by atoms with E-state index in [1.807, 2.05) is 18.2 Å². The third-order valence-electron chi connectivity index (χ3n) is 2.19. The number of hydrogen-bond acceptors (Lipinski definition) is 1. The Bertz CT molecular complexity index is 310. The normalized spacial score (nSPS) is 12.6. The van der Waals surface area contributed by atoms with Gasteiger partial charge in [-0.3, -0.25) is 0 Å². The van der Waals surface area contributed by atoms with Gasteiger partial charge >= 0.3 is 0 Å². The van der Waals surface area contributed by atoms with Crippen LogP contribution in [0.4, 0.5) is 0 Å². The van der Waals surface area contributed by atoms with Gasteiger partial charge in [-0.25, -0.2) is 0 Å². The Morgan fingerprint density at radius 2 is 2.14 bits per heavy atom. The van der Waals surface area contributed by atoms with Gasteiger partial charge in [0.25, 0.3) is 0 Å². The minimum atomic E-state index is 0.258. The van der Waals surface area contributed by atoms with Crippen LogP contribution in [0.15, 0.2) is 27.3 Å². The fourth-order valence-corrected chi connectivity index (χ4v) is 1.77. The Labute approximate surface area is 94.3 Å². The standard InChI is InChI=1S/C12H17BrO/c1-4-8-12(2,3)9-7-10-5-6-11(13)14-10/h5-7,9H,4,8H2,1-3H3/b9-7+. The Kier molecular flexibility index (Phi) is 3.99. The topological polar surface area (TPSA) is 13.1 Å². The van der Waals surface area contributed by atoms with Crippen LogP contribution in [0.1, 0.15) is 39.4 Å². The highest BCUT2D eigenvalue weighted by atomic mass is 79.9. The van der Waals surface area contributed by atoms with Crippen LogP contribution in [0.5, 0.6) is 0 Å². The lowest BCUT2D eigenvalue weighted by Crippen LogP contribution is -2.05. The summed E-state index contributed by atoms with van der Waals surface area (Å²) in [7, 11) is 0. The SMILES string of the molecule is CCCC(C)(C)/C=C/c1ccc(Br)o1. The molecule has 0 saturated heterocycles. The molecule has 1 aromatic rings. The Morgan fingerprint density at radius 3 is 2.64 bits per heavy atom. The molecule has 0 atom stereocenters. The fraction of sp³-hybridized carbons (Fsp3) is 0.500. The molecule has 1 heterocycles. The molecular weight excluding hydrogens is 240 g/mol. The molecule has 0 aliphatic heterocycles. The van der Waals surface area contributed by atoms with Gasteiger partial charge in [0.1, 0.15) is 5.76 Å². The van der Waals surface area contributed by atoms with Crippen molar-refractivity contribution in [3.8, 4) is 0 Å². The molecule has 0 aliphatic carbocycles. The smallest absolute Gasteiger partial charge is 0.169 e. The third kappa shape index (κ3) is 3.70. The van der Waals surface area contributed by atoms with E-state index in [0.29, 0.717) is 0 Å². The maximum Gasteiger partial charge on any atom is 0.169 e. The summed E-state index contributed by atoms with van der Waals surface area (Å²) in [6, 6.07) is 3.87. The summed E-state index contributed by atoms with van der Waals surface area (Å²) in [5.74, 6) is 0.904. The monoisotopic (exact) mass is 256 g/mol. The second-order valence-corrected chi connectivity index (χ2v) is 5.00. The van der Waals surface area contributed by atoms with Crippen molar-refractivity contribution in [1.29, 1.82) is 0 Å². The summed E-state index contributed by atoms with van der Waals surface area (Å²) >= 11 is 3.28. The predicted molar refractivity (Wildman–Crippen MR) is 64.1 cm³/mol. The van der Waals surface area contributed by atoms with Crippen molar-refractivity contribution >= 4 is 22.0 Å². The molecule has 0 unspecified atom stereocenters. The second-order valence-electron chi connectivity index (χ2n) is 4.21. The molecule has 1 nitrogen and oxygen atoms in total. The van der Waals surface area contributed by atoms with E-state index in [4.69, 9.17) is 4.42 Å². The van der Waals surface area contributed by atoms with Crippen LogP contribution in [0, 0.1) is 5.41 Å². The first-order valence-electron chi connectivity index (χ1n) is 4.98. The van der Waals surface area contributed by atoms with E-state index in [1.165, 1.54) is 12.8 Å². The molecule has 0 spiro atoms. The molecule has 0 aromatic carbocycles. The van der Waals surface area contributed by atoms with E-state index in [1.54, 1.807) is 0 Å². The summed E-state index contributed by atoms with van der Waals surface area (Å²) in [6.07, 6.45) is 6.66. The number of halogens is 1. The van der Waals surface area contributed by atoms with E-state index in [2.05, 4.69) is 42.8 Å². The van der Waals surface area contributed by atoms with E-state index < -0.39 is 0 Å². The first-order chi connectivity index (χ1) is 6.53. The molecule has 0 N–H and O–H groups in total. The number of furan rings is 1. The maximum absolute atomic E-state index is 5.39. The Hall–Kier alpha value is -0.500. The maximum atomic E-state index is 5.39. The van der Waals surface area contributed by atoms with E-state index in [0.717, 1.165) is 10.4 Å². The van der Waals surface area contributed by atoms with Crippen molar-refractivity contribution in [3.63, 3.8) is 0 Å². The van der Waals surface area contributed by atoms with Crippen LogP contribution in [0.25, 0.3) is 6.08 Å². The molecule has 1 rings (SSSR count). The zero-order valence-electron chi connectivity index (χ0n) is 9.01. The van der Waals surface area contributed by atoms with Gasteiger partial charge in [-0.1, -0.05) is 33.3 Å². The summed E-state index contributed by atoms with van der Waals surface area (Å²) < 4.78 is 6.17. The minimum Gasteiger partial charge on any atom is -0.450 e. The molecule has 0 saturated carbocycles. The largest absolute Gasteiger partial charge is 0.450 e. The number of hydrogen-bond donors (Lipinski definition) is 0. The Morgan fingerprint density at radius 1 is 1.43 bits per heavy atom. The van der Waals surface area contributed by atoms with Crippen molar-refractivity contribution < 1.29 is 4.42 Å². The van der Waals surface area contributed by atoms with Gasteiger partial charge in [0.2, 0.25) is 0 Å². The molecule has 1 aromatic heterocycles. The molecule has 14 heavy (non-hydrogen) atoms. The lowest BCUT2D eigenvalue weighted by atomic mass is 9.87. The zero-order chi connectivity index (χ0) is 10.6. The van der Waals surface area contributed by atoms with Crippen LogP contribution >= 0.6 is 15.9 Å². The lowest BCUT2D eigenvalue weighted by Gasteiger charge is -2.18. The van der Waals surface area contributed by atoms with Crippen molar-refractivity contribution in [2.24, 2.45) is 5.41 Å². The number of allylic oxidation sites excluding steroid dienone is 1. The highest BCUT2D eigenvalue weighted by molar-refractivity contribution is 9.10. The van der Waals surface area contributed by atoms with Gasteiger partial charge in [-0.15, -0.1) is 0 Å². The molecule has 0 fully saturated rings. The van der Waals surface area contributed by atoms with Crippen molar-refractivity contribution in [2.45, 2.75) is 33.6 Å². The minimum absolute atomic E-state index is 0.258. The van der Waals surface area contributed by atoms with E-state index in [9.17, 15) is 0 Å². The van der Waals surface area contributed by atoms with E-state index >= 15 is 0 Å². The average molecular weight is 257 g/mol. The predicted octanol–water partition coefficient (Wildman–Crippen LogP) is 4.88. The van der Waals surface area contributed by atoms with Crippen molar-refractivity contribution in [2.75, 3.05) is 0 Å². The van der Waals surface area contributed by atoms with Gasteiger partial charge in [0, 0.05) is 0 Å². The van der Waals surface area contributed by atoms with Crippen LogP contribution in [-0.4, -0.2) is 0 Å². The van der Waals surface area contributed by atoms with Gasteiger partial charge < -0.3 is 4.42 Å². The second kappa shape index (κ2) is 4.83. The number of rotatable bonds is 4. The molecule has 0 radical (unpaired) electrons. The summed E-state index contributed by atoms with van der Waals surface area (Å²) in [5, 5.41) is 0. The third-order valence-corrected chi connectivity index (χ3v) is 2.61. The molecule has 0 aliphatic rings. The highest BCUT2D eigenvalue weighted by Gasteiger charge is 2.11. The van der Waals surface area contributed by atoms with Crippen LogP contribution in [-0.2, 0) is 0 Å². The van der Waals surface area contributed by atoms with Gasteiger partial charge in [-0.2, -0.15) is 0 Å². The molecule has 0 bridgehead atoms. The fourth-order valence-electron chi connectivity index (χ4n) is 1.45. The first kappa shape index (κ1) is 11.6. The van der Waals surface area contributed by atoms with Crippen LogP contribution < -0.4 is 0 Å². The van der Waals surface area contributed by atoms with Crippen molar-refractivity contribution in [3.05, 3.63) is 28.6 Å². The molecule has 0 amide bonds. The van der Waals surface area contributed by atoms with Gasteiger partial charge in [-0.05, 0) is 46.0 Å². The van der Waals surface area contributed by atoms with Crippen LogP contribution in [0.3, 0.4) is 0 Å². The molecule has 2 heteroatoms. The summed E-state index contributed by atoms with van der Waals surface area (Å²) in [5.41, 5.74) is 0.258. The van der Waals surface area contributed by atoms with E-state index in [-0.39, 0.29) is 5.41 Å².